The Hall–Kier alpha value is -1.87. The number of hydrogen-bond donors (Lipinski definition) is 0. The molecule has 1 unspecified atom stereocenters. The highest BCUT2D eigenvalue weighted by atomic mass is 16.5. The number of carbonyl (C=O) groups excluding carboxylic acids is 1. The van der Waals surface area contributed by atoms with Gasteiger partial charge in [-0.15, -0.1) is 0 Å². The Bertz CT molecular complexity index is 678. The van der Waals surface area contributed by atoms with Crippen molar-refractivity contribution in [1.82, 2.24) is 0 Å². The Morgan fingerprint density at radius 2 is 1.75 bits per heavy atom. The van der Waals surface area contributed by atoms with Gasteiger partial charge in [0.25, 0.3) is 0 Å². The van der Waals surface area contributed by atoms with E-state index in [0.29, 0.717) is 18.3 Å². The van der Waals surface area contributed by atoms with Gasteiger partial charge in [0.05, 0.1) is 6.61 Å². The zero-order valence-corrected chi connectivity index (χ0v) is 17.4. The van der Waals surface area contributed by atoms with Crippen LogP contribution < -0.4 is 4.74 Å². The minimum absolute atomic E-state index is 0.201. The SMILES string of the molecule is COCCc1ccc(OC(=O)C2=CCC(/C=C/C3CCC(C)CC3)CC2)cc1. The average molecular weight is 383 g/mol. The van der Waals surface area contributed by atoms with Crippen LogP contribution in [0.1, 0.15) is 57.4 Å². The number of rotatable bonds is 7. The van der Waals surface area contributed by atoms with Crippen molar-refractivity contribution in [3.8, 4) is 5.75 Å². The van der Waals surface area contributed by atoms with Crippen LogP contribution in [0.25, 0.3) is 0 Å². The van der Waals surface area contributed by atoms with Gasteiger partial charge in [0.15, 0.2) is 0 Å². The maximum absolute atomic E-state index is 12.4. The summed E-state index contributed by atoms with van der Waals surface area (Å²) >= 11 is 0. The third kappa shape index (κ3) is 6.34. The molecule has 1 aromatic rings. The molecule has 0 saturated heterocycles. The van der Waals surface area contributed by atoms with E-state index in [2.05, 4.69) is 25.2 Å². The quantitative estimate of drug-likeness (QED) is 0.335. The minimum atomic E-state index is -0.201. The van der Waals surface area contributed by atoms with Crippen molar-refractivity contribution in [2.75, 3.05) is 13.7 Å². The number of benzene rings is 1. The van der Waals surface area contributed by atoms with Gasteiger partial charge in [-0.25, -0.2) is 4.79 Å². The summed E-state index contributed by atoms with van der Waals surface area (Å²) in [5.74, 6) is 2.64. The molecule has 0 aromatic heterocycles. The van der Waals surface area contributed by atoms with Crippen LogP contribution in [0.2, 0.25) is 0 Å². The zero-order valence-electron chi connectivity index (χ0n) is 17.4. The second-order valence-electron chi connectivity index (χ2n) is 8.44. The lowest BCUT2D eigenvalue weighted by Crippen LogP contribution is -2.16. The third-order valence-electron chi connectivity index (χ3n) is 6.16. The molecule has 1 atom stereocenters. The zero-order chi connectivity index (χ0) is 19.8. The molecule has 152 valence electrons. The highest BCUT2D eigenvalue weighted by Crippen LogP contribution is 2.31. The van der Waals surface area contributed by atoms with E-state index in [0.717, 1.165) is 43.1 Å². The second-order valence-corrected chi connectivity index (χ2v) is 8.44. The van der Waals surface area contributed by atoms with Crippen molar-refractivity contribution in [3.05, 3.63) is 53.6 Å². The molecule has 0 radical (unpaired) electrons. The van der Waals surface area contributed by atoms with E-state index < -0.39 is 0 Å². The summed E-state index contributed by atoms with van der Waals surface area (Å²) in [7, 11) is 1.70. The summed E-state index contributed by atoms with van der Waals surface area (Å²) in [6.45, 7) is 3.06. The molecular weight excluding hydrogens is 348 g/mol. The lowest BCUT2D eigenvalue weighted by Gasteiger charge is -2.24. The van der Waals surface area contributed by atoms with Crippen molar-refractivity contribution >= 4 is 5.97 Å². The second kappa shape index (κ2) is 10.6. The van der Waals surface area contributed by atoms with Gasteiger partial charge in [0.2, 0.25) is 0 Å². The number of hydrogen-bond acceptors (Lipinski definition) is 3. The molecule has 3 heteroatoms. The van der Waals surface area contributed by atoms with E-state index in [1.165, 1.54) is 31.2 Å². The van der Waals surface area contributed by atoms with Gasteiger partial charge in [0.1, 0.15) is 5.75 Å². The topological polar surface area (TPSA) is 35.5 Å². The number of methoxy groups -OCH3 is 1. The fourth-order valence-corrected chi connectivity index (χ4v) is 4.12. The number of carbonyl (C=O) groups is 1. The summed E-state index contributed by atoms with van der Waals surface area (Å²) < 4.78 is 10.6. The normalized spacial score (nSPS) is 25.5. The maximum atomic E-state index is 12.4. The van der Waals surface area contributed by atoms with Crippen LogP contribution in [-0.2, 0) is 16.0 Å². The minimum Gasteiger partial charge on any atom is -0.423 e. The molecule has 28 heavy (non-hydrogen) atoms. The number of ether oxygens (including phenoxy) is 2. The Balaban J connectivity index is 1.45. The Kier molecular flexibility index (Phi) is 7.90. The summed E-state index contributed by atoms with van der Waals surface area (Å²) in [5, 5.41) is 0. The van der Waals surface area contributed by atoms with Crippen LogP contribution in [0.4, 0.5) is 0 Å². The van der Waals surface area contributed by atoms with Gasteiger partial charge in [-0.3, -0.25) is 0 Å². The van der Waals surface area contributed by atoms with Gasteiger partial charge in [-0.1, -0.05) is 50.1 Å². The van der Waals surface area contributed by atoms with Crippen molar-refractivity contribution in [2.24, 2.45) is 17.8 Å². The van der Waals surface area contributed by atoms with Crippen LogP contribution in [0.5, 0.6) is 5.75 Å². The van der Waals surface area contributed by atoms with Crippen molar-refractivity contribution in [3.63, 3.8) is 0 Å². The van der Waals surface area contributed by atoms with Crippen LogP contribution in [0, 0.1) is 17.8 Å². The van der Waals surface area contributed by atoms with Gasteiger partial charge < -0.3 is 9.47 Å². The first-order valence-corrected chi connectivity index (χ1v) is 10.8. The molecule has 3 rings (SSSR count). The van der Waals surface area contributed by atoms with E-state index in [1.807, 2.05) is 24.3 Å². The Morgan fingerprint density at radius 3 is 2.39 bits per heavy atom. The first-order chi connectivity index (χ1) is 13.6. The molecule has 0 amide bonds. The van der Waals surface area contributed by atoms with Crippen molar-refractivity contribution < 1.29 is 14.3 Å². The molecule has 0 spiro atoms. The van der Waals surface area contributed by atoms with Crippen LogP contribution >= 0.6 is 0 Å². The van der Waals surface area contributed by atoms with Crippen LogP contribution in [0.3, 0.4) is 0 Å². The predicted octanol–water partition coefficient (Wildman–Crippen LogP) is 5.89. The highest BCUT2D eigenvalue weighted by Gasteiger charge is 2.20. The maximum Gasteiger partial charge on any atom is 0.339 e. The smallest absolute Gasteiger partial charge is 0.339 e. The molecular formula is C25H34O3. The van der Waals surface area contributed by atoms with E-state index >= 15 is 0 Å². The van der Waals surface area contributed by atoms with Gasteiger partial charge in [-0.05, 0) is 74.0 Å². The lowest BCUT2D eigenvalue weighted by molar-refractivity contribution is -0.130. The summed E-state index contributed by atoms with van der Waals surface area (Å²) in [6.07, 6.45) is 16.0. The fourth-order valence-electron chi connectivity index (χ4n) is 4.12. The molecule has 1 saturated carbocycles. The van der Waals surface area contributed by atoms with E-state index in [9.17, 15) is 4.79 Å². The summed E-state index contributed by atoms with van der Waals surface area (Å²) in [5.41, 5.74) is 2.00. The molecule has 0 heterocycles. The van der Waals surface area contributed by atoms with Gasteiger partial charge >= 0.3 is 5.97 Å². The predicted molar refractivity (Wildman–Crippen MR) is 113 cm³/mol. The molecule has 0 aliphatic heterocycles. The Labute approximate surface area is 169 Å². The molecule has 0 N–H and O–H groups in total. The molecule has 3 nitrogen and oxygen atoms in total. The third-order valence-corrected chi connectivity index (χ3v) is 6.16. The van der Waals surface area contributed by atoms with Crippen LogP contribution in [-0.4, -0.2) is 19.7 Å². The molecule has 2 aliphatic carbocycles. The lowest BCUT2D eigenvalue weighted by atomic mass is 9.81. The largest absolute Gasteiger partial charge is 0.423 e. The van der Waals surface area contributed by atoms with E-state index in [1.54, 1.807) is 7.11 Å². The first-order valence-electron chi connectivity index (χ1n) is 10.8. The Morgan fingerprint density at radius 1 is 1.04 bits per heavy atom. The molecule has 1 fully saturated rings. The average Bonchev–Trinajstić information content (AvgIpc) is 2.73. The molecule has 1 aromatic carbocycles. The molecule has 2 aliphatic rings. The standard InChI is InChI=1S/C25H34O3/c1-19-3-5-20(6-4-19)7-8-21-9-13-23(14-10-21)25(26)28-24-15-11-22(12-16-24)17-18-27-2/h7-8,11-13,15-16,19-21H,3-6,9-10,14,17-18H2,1-2H3/b8-7+. The fraction of sp³-hybridized carbons (Fsp3) is 0.560. The van der Waals surface area contributed by atoms with Crippen molar-refractivity contribution in [1.29, 1.82) is 0 Å². The first kappa shape index (κ1) is 20.9. The van der Waals surface area contributed by atoms with E-state index in [-0.39, 0.29) is 5.97 Å². The monoisotopic (exact) mass is 382 g/mol. The van der Waals surface area contributed by atoms with Gasteiger partial charge in [0, 0.05) is 12.7 Å². The van der Waals surface area contributed by atoms with Gasteiger partial charge in [-0.2, -0.15) is 0 Å². The van der Waals surface area contributed by atoms with E-state index in [4.69, 9.17) is 9.47 Å². The van der Waals surface area contributed by atoms with Crippen molar-refractivity contribution in [2.45, 2.75) is 58.3 Å². The van der Waals surface area contributed by atoms with Crippen LogP contribution in [0.15, 0.2) is 48.1 Å². The molecule has 0 bridgehead atoms. The highest BCUT2D eigenvalue weighted by molar-refractivity contribution is 5.90. The summed E-state index contributed by atoms with van der Waals surface area (Å²) in [6, 6.07) is 7.71. The number of allylic oxidation sites excluding steroid dienone is 3. The summed E-state index contributed by atoms with van der Waals surface area (Å²) in [4.78, 5) is 12.4. The number of esters is 1.